The van der Waals surface area contributed by atoms with Gasteiger partial charge in [0.2, 0.25) is 5.91 Å². The summed E-state index contributed by atoms with van der Waals surface area (Å²) in [5.41, 5.74) is 7.71. The molecule has 0 saturated carbocycles. The lowest BCUT2D eigenvalue weighted by molar-refractivity contribution is -0.118. The number of carbonyl (C=O) groups excluding carboxylic acids is 1. The van der Waals surface area contributed by atoms with Crippen molar-refractivity contribution >= 4 is 27.5 Å². The molecule has 94 valence electrons. The largest absolute Gasteiger partial charge is 0.324 e. The number of carbonyl (C=O) groups is 1. The molecule has 0 saturated heterocycles. The van der Waals surface area contributed by atoms with E-state index >= 15 is 0 Å². The Bertz CT molecular complexity index is 406. The first-order valence-corrected chi connectivity index (χ1v) is 6.57. The van der Waals surface area contributed by atoms with Gasteiger partial charge in [-0.05, 0) is 36.6 Å². The summed E-state index contributed by atoms with van der Waals surface area (Å²) < 4.78 is 0.999. The molecule has 0 fully saturated rings. The van der Waals surface area contributed by atoms with Crippen LogP contribution in [0.5, 0.6) is 0 Å². The predicted octanol–water partition coefficient (Wildman–Crippen LogP) is 3.07. The van der Waals surface area contributed by atoms with E-state index in [-0.39, 0.29) is 11.8 Å². The van der Waals surface area contributed by atoms with Crippen LogP contribution in [-0.4, -0.2) is 11.9 Å². The van der Waals surface area contributed by atoms with Gasteiger partial charge < -0.3 is 11.1 Å². The Morgan fingerprint density at radius 3 is 2.71 bits per heavy atom. The SMILES string of the molecule is CCC(C)[C@H](N)C(=O)Nc1ccc(Br)cc1C. The molecule has 0 spiro atoms. The smallest absolute Gasteiger partial charge is 0.241 e. The van der Waals surface area contributed by atoms with E-state index in [0.717, 1.165) is 22.1 Å². The molecule has 1 aromatic rings. The van der Waals surface area contributed by atoms with E-state index in [1.165, 1.54) is 0 Å². The number of hydrogen-bond donors (Lipinski definition) is 2. The maximum atomic E-state index is 11.9. The fraction of sp³-hybridized carbons (Fsp3) is 0.462. The number of amides is 1. The molecule has 4 heteroatoms. The maximum absolute atomic E-state index is 11.9. The number of nitrogens with two attached hydrogens (primary N) is 1. The highest BCUT2D eigenvalue weighted by atomic mass is 79.9. The van der Waals surface area contributed by atoms with Crippen molar-refractivity contribution in [3.8, 4) is 0 Å². The summed E-state index contributed by atoms with van der Waals surface area (Å²) >= 11 is 3.39. The average molecular weight is 299 g/mol. The Hall–Kier alpha value is -0.870. The molecule has 0 aliphatic carbocycles. The van der Waals surface area contributed by atoms with Gasteiger partial charge in [0.15, 0.2) is 0 Å². The molecule has 1 amide bonds. The fourth-order valence-electron chi connectivity index (χ4n) is 1.50. The van der Waals surface area contributed by atoms with Crippen molar-refractivity contribution in [2.24, 2.45) is 11.7 Å². The molecule has 3 nitrogen and oxygen atoms in total. The fourth-order valence-corrected chi connectivity index (χ4v) is 1.97. The highest BCUT2D eigenvalue weighted by molar-refractivity contribution is 9.10. The van der Waals surface area contributed by atoms with Crippen LogP contribution in [0.2, 0.25) is 0 Å². The van der Waals surface area contributed by atoms with Gasteiger partial charge in [-0.3, -0.25) is 4.79 Å². The molecular weight excluding hydrogens is 280 g/mol. The van der Waals surface area contributed by atoms with Gasteiger partial charge in [-0.2, -0.15) is 0 Å². The number of anilines is 1. The number of rotatable bonds is 4. The van der Waals surface area contributed by atoms with E-state index in [4.69, 9.17) is 5.73 Å². The van der Waals surface area contributed by atoms with E-state index in [1.807, 2.05) is 39.0 Å². The highest BCUT2D eigenvalue weighted by Gasteiger charge is 2.19. The first-order chi connectivity index (χ1) is 7.95. The minimum absolute atomic E-state index is 0.121. The summed E-state index contributed by atoms with van der Waals surface area (Å²) in [6, 6.07) is 5.28. The van der Waals surface area contributed by atoms with Crippen molar-refractivity contribution in [2.75, 3.05) is 5.32 Å². The van der Waals surface area contributed by atoms with Crippen LogP contribution in [0.3, 0.4) is 0 Å². The molecule has 0 aliphatic rings. The second kappa shape index (κ2) is 6.17. The van der Waals surface area contributed by atoms with Gasteiger partial charge in [-0.15, -0.1) is 0 Å². The molecule has 0 heterocycles. The quantitative estimate of drug-likeness (QED) is 0.897. The van der Waals surface area contributed by atoms with Crippen LogP contribution in [0.25, 0.3) is 0 Å². The van der Waals surface area contributed by atoms with Crippen LogP contribution in [0.4, 0.5) is 5.69 Å². The van der Waals surface area contributed by atoms with E-state index in [0.29, 0.717) is 0 Å². The number of nitrogens with one attached hydrogen (secondary N) is 1. The third-order valence-corrected chi connectivity index (χ3v) is 3.50. The molecule has 0 bridgehead atoms. The van der Waals surface area contributed by atoms with Crippen molar-refractivity contribution < 1.29 is 4.79 Å². The van der Waals surface area contributed by atoms with Crippen LogP contribution in [-0.2, 0) is 4.79 Å². The summed E-state index contributed by atoms with van der Waals surface area (Å²) in [4.78, 5) is 11.9. The van der Waals surface area contributed by atoms with Crippen molar-refractivity contribution in [2.45, 2.75) is 33.2 Å². The molecule has 0 aromatic heterocycles. The van der Waals surface area contributed by atoms with Crippen LogP contribution < -0.4 is 11.1 Å². The van der Waals surface area contributed by atoms with E-state index in [2.05, 4.69) is 21.2 Å². The van der Waals surface area contributed by atoms with Gasteiger partial charge in [0.05, 0.1) is 6.04 Å². The first kappa shape index (κ1) is 14.2. The Labute approximate surface area is 111 Å². The normalized spacial score (nSPS) is 14.2. The Kier molecular flexibility index (Phi) is 5.15. The van der Waals surface area contributed by atoms with Gasteiger partial charge in [0.25, 0.3) is 0 Å². The Morgan fingerprint density at radius 1 is 1.53 bits per heavy atom. The molecule has 1 aromatic carbocycles. The topological polar surface area (TPSA) is 55.1 Å². The van der Waals surface area contributed by atoms with Crippen LogP contribution in [0.1, 0.15) is 25.8 Å². The third kappa shape index (κ3) is 3.82. The van der Waals surface area contributed by atoms with Crippen molar-refractivity contribution in [3.05, 3.63) is 28.2 Å². The molecule has 0 radical (unpaired) electrons. The lowest BCUT2D eigenvalue weighted by Crippen LogP contribution is -2.40. The molecule has 3 N–H and O–H groups in total. The Balaban J connectivity index is 2.74. The standard InChI is InChI=1S/C13H19BrN2O/c1-4-8(2)12(15)13(17)16-11-6-5-10(14)7-9(11)3/h5-8,12H,4,15H2,1-3H3,(H,16,17)/t8?,12-/m0/s1. The third-order valence-electron chi connectivity index (χ3n) is 3.01. The predicted molar refractivity (Wildman–Crippen MR) is 74.9 cm³/mol. The lowest BCUT2D eigenvalue weighted by atomic mass is 9.99. The summed E-state index contributed by atoms with van der Waals surface area (Å²) in [5.74, 6) is 0.0653. The second-order valence-corrected chi connectivity index (χ2v) is 5.28. The van der Waals surface area contributed by atoms with Crippen molar-refractivity contribution in [1.82, 2.24) is 0 Å². The Morgan fingerprint density at radius 2 is 2.18 bits per heavy atom. The number of benzene rings is 1. The number of hydrogen-bond acceptors (Lipinski definition) is 2. The lowest BCUT2D eigenvalue weighted by Gasteiger charge is -2.18. The molecule has 1 rings (SSSR count). The van der Waals surface area contributed by atoms with Crippen LogP contribution >= 0.6 is 15.9 Å². The van der Waals surface area contributed by atoms with Crippen LogP contribution in [0.15, 0.2) is 22.7 Å². The van der Waals surface area contributed by atoms with E-state index in [1.54, 1.807) is 0 Å². The maximum Gasteiger partial charge on any atom is 0.241 e. The zero-order valence-electron chi connectivity index (χ0n) is 10.5. The first-order valence-electron chi connectivity index (χ1n) is 5.78. The number of aryl methyl sites for hydroxylation is 1. The minimum Gasteiger partial charge on any atom is -0.324 e. The van der Waals surface area contributed by atoms with Gasteiger partial charge in [-0.1, -0.05) is 36.2 Å². The molecular formula is C13H19BrN2O. The van der Waals surface area contributed by atoms with Gasteiger partial charge in [0.1, 0.15) is 0 Å². The van der Waals surface area contributed by atoms with Gasteiger partial charge >= 0.3 is 0 Å². The van der Waals surface area contributed by atoms with Crippen molar-refractivity contribution in [1.29, 1.82) is 0 Å². The van der Waals surface area contributed by atoms with Crippen molar-refractivity contribution in [3.63, 3.8) is 0 Å². The molecule has 0 aliphatic heterocycles. The van der Waals surface area contributed by atoms with Crippen LogP contribution in [0, 0.1) is 12.8 Å². The zero-order valence-corrected chi connectivity index (χ0v) is 12.0. The summed E-state index contributed by atoms with van der Waals surface area (Å²) in [6.45, 7) is 5.97. The van der Waals surface area contributed by atoms with Gasteiger partial charge in [-0.25, -0.2) is 0 Å². The summed E-state index contributed by atoms with van der Waals surface area (Å²) in [7, 11) is 0. The van der Waals surface area contributed by atoms with Gasteiger partial charge in [0, 0.05) is 10.2 Å². The zero-order chi connectivity index (χ0) is 13.0. The molecule has 2 atom stereocenters. The average Bonchev–Trinajstić information content (AvgIpc) is 2.30. The highest BCUT2D eigenvalue weighted by Crippen LogP contribution is 2.20. The molecule has 1 unspecified atom stereocenters. The summed E-state index contributed by atoms with van der Waals surface area (Å²) in [5, 5.41) is 2.87. The minimum atomic E-state index is -0.456. The monoisotopic (exact) mass is 298 g/mol. The van der Waals surface area contributed by atoms with E-state index < -0.39 is 6.04 Å². The molecule has 17 heavy (non-hydrogen) atoms. The summed E-state index contributed by atoms with van der Waals surface area (Å²) in [6.07, 6.45) is 0.897. The van der Waals surface area contributed by atoms with E-state index in [9.17, 15) is 4.79 Å². The number of halogens is 1. The second-order valence-electron chi connectivity index (χ2n) is 4.36.